The van der Waals surface area contributed by atoms with Crippen molar-refractivity contribution in [1.82, 2.24) is 14.8 Å². The number of methoxy groups -OCH3 is 2. The number of para-hydroxylation sites is 1. The number of carbonyl (C=O) groups is 1. The third-order valence-electron chi connectivity index (χ3n) is 6.26. The van der Waals surface area contributed by atoms with E-state index < -0.39 is 0 Å². The van der Waals surface area contributed by atoms with Crippen molar-refractivity contribution in [3.8, 4) is 22.6 Å². The molecule has 2 heterocycles. The molecule has 1 fully saturated rings. The van der Waals surface area contributed by atoms with Crippen molar-refractivity contribution in [3.05, 3.63) is 78.1 Å². The number of amides is 1. The number of pyridine rings is 1. The van der Waals surface area contributed by atoms with E-state index in [1.54, 1.807) is 26.6 Å². The third kappa shape index (κ3) is 5.34. The fraction of sp³-hybridized carbons (Fsp3) is 0.333. The summed E-state index contributed by atoms with van der Waals surface area (Å²) in [4.78, 5) is 21.5. The number of hydrogen-bond acceptors (Lipinski definition) is 5. The van der Waals surface area contributed by atoms with E-state index in [0.29, 0.717) is 26.1 Å². The number of benzene rings is 2. The maximum Gasteiger partial charge on any atom is 0.227 e. The van der Waals surface area contributed by atoms with E-state index in [0.717, 1.165) is 40.3 Å². The van der Waals surface area contributed by atoms with E-state index in [2.05, 4.69) is 40.2 Å². The van der Waals surface area contributed by atoms with Crippen LogP contribution < -0.4 is 9.47 Å². The predicted octanol–water partition coefficient (Wildman–Crippen LogP) is 3.90. The molecule has 6 nitrogen and oxygen atoms in total. The zero-order valence-corrected chi connectivity index (χ0v) is 19.5. The molecule has 0 bridgehead atoms. The molecule has 1 amide bonds. The van der Waals surface area contributed by atoms with Gasteiger partial charge in [-0.05, 0) is 41.3 Å². The van der Waals surface area contributed by atoms with Gasteiger partial charge in [-0.15, -0.1) is 0 Å². The molecule has 1 saturated heterocycles. The second-order valence-corrected chi connectivity index (χ2v) is 8.48. The summed E-state index contributed by atoms with van der Waals surface area (Å²) in [6, 6.07) is 18.4. The summed E-state index contributed by atoms with van der Waals surface area (Å²) in [5.74, 6) is 1.57. The highest BCUT2D eigenvalue weighted by molar-refractivity contribution is 5.79. The van der Waals surface area contributed by atoms with Gasteiger partial charge in [0.15, 0.2) is 11.5 Å². The second kappa shape index (κ2) is 10.5. The van der Waals surface area contributed by atoms with Crippen LogP contribution >= 0.6 is 0 Å². The number of ether oxygens (including phenoxy) is 2. The zero-order chi connectivity index (χ0) is 23.2. The second-order valence-electron chi connectivity index (χ2n) is 8.48. The predicted molar refractivity (Wildman–Crippen MR) is 129 cm³/mol. The van der Waals surface area contributed by atoms with Gasteiger partial charge in [-0.25, -0.2) is 0 Å². The first-order valence-electron chi connectivity index (χ1n) is 11.3. The van der Waals surface area contributed by atoms with Crippen LogP contribution in [0.15, 0.2) is 67.0 Å². The minimum atomic E-state index is -0.109. The molecule has 0 saturated carbocycles. The van der Waals surface area contributed by atoms with Crippen LogP contribution in [0.1, 0.15) is 11.1 Å². The third-order valence-corrected chi connectivity index (χ3v) is 6.26. The van der Waals surface area contributed by atoms with Crippen molar-refractivity contribution >= 4 is 5.91 Å². The van der Waals surface area contributed by atoms with Crippen LogP contribution in [0.3, 0.4) is 0 Å². The number of nitrogens with zero attached hydrogens (tertiary/aromatic N) is 3. The van der Waals surface area contributed by atoms with Crippen LogP contribution in [0.25, 0.3) is 11.1 Å². The Morgan fingerprint density at radius 1 is 0.970 bits per heavy atom. The van der Waals surface area contributed by atoms with E-state index >= 15 is 0 Å². The molecule has 4 rings (SSSR count). The van der Waals surface area contributed by atoms with Gasteiger partial charge < -0.3 is 14.4 Å². The van der Waals surface area contributed by atoms with Crippen molar-refractivity contribution in [2.45, 2.75) is 13.0 Å². The Morgan fingerprint density at radius 3 is 2.52 bits per heavy atom. The van der Waals surface area contributed by atoms with Gasteiger partial charge in [-0.3, -0.25) is 14.7 Å². The van der Waals surface area contributed by atoms with Crippen LogP contribution in [-0.2, 0) is 17.8 Å². The van der Waals surface area contributed by atoms with E-state index in [4.69, 9.17) is 9.47 Å². The molecule has 1 unspecified atom stereocenters. The molecule has 0 radical (unpaired) electrons. The van der Waals surface area contributed by atoms with Gasteiger partial charge in [0.2, 0.25) is 5.91 Å². The molecule has 1 aromatic heterocycles. The highest BCUT2D eigenvalue weighted by Crippen LogP contribution is 2.32. The van der Waals surface area contributed by atoms with Crippen molar-refractivity contribution in [1.29, 1.82) is 0 Å². The van der Waals surface area contributed by atoms with Gasteiger partial charge in [-0.2, -0.15) is 0 Å². The first-order valence-corrected chi connectivity index (χ1v) is 11.3. The molecule has 6 heteroatoms. The van der Waals surface area contributed by atoms with Crippen molar-refractivity contribution in [2.75, 3.05) is 40.9 Å². The van der Waals surface area contributed by atoms with Crippen molar-refractivity contribution in [2.24, 2.45) is 5.92 Å². The first-order chi connectivity index (χ1) is 16.1. The standard InChI is InChI=1S/C27H31N3O3/c1-29-14-15-30(18-23-8-5-9-25(32-2)26(23)33-3)19-24(27(29)31)17-20-6-4-7-22(16-20)21-10-12-28-13-11-21/h4-13,16,24H,14-15,17-19H2,1-3H3. The summed E-state index contributed by atoms with van der Waals surface area (Å²) >= 11 is 0. The van der Waals surface area contributed by atoms with Gasteiger partial charge in [0.05, 0.1) is 20.1 Å². The Hall–Kier alpha value is -3.38. The molecule has 0 N–H and O–H groups in total. The molecule has 0 spiro atoms. The van der Waals surface area contributed by atoms with Crippen LogP contribution in [0.2, 0.25) is 0 Å². The van der Waals surface area contributed by atoms with Crippen LogP contribution in [-0.4, -0.2) is 61.6 Å². The molecule has 33 heavy (non-hydrogen) atoms. The number of aromatic nitrogens is 1. The number of hydrogen-bond donors (Lipinski definition) is 0. The van der Waals surface area contributed by atoms with E-state index in [1.165, 1.54) is 0 Å². The smallest absolute Gasteiger partial charge is 0.227 e. The molecule has 172 valence electrons. The van der Waals surface area contributed by atoms with Crippen LogP contribution in [0.4, 0.5) is 0 Å². The van der Waals surface area contributed by atoms with Crippen molar-refractivity contribution in [3.63, 3.8) is 0 Å². The fourth-order valence-corrected chi connectivity index (χ4v) is 4.52. The quantitative estimate of drug-likeness (QED) is 0.552. The van der Waals surface area contributed by atoms with E-state index in [9.17, 15) is 4.79 Å². The Morgan fingerprint density at radius 2 is 1.76 bits per heavy atom. The number of rotatable bonds is 7. The maximum atomic E-state index is 13.2. The molecule has 0 aliphatic carbocycles. The first kappa shape index (κ1) is 22.8. The molecule has 2 aromatic carbocycles. The lowest BCUT2D eigenvalue weighted by Gasteiger charge is -2.24. The summed E-state index contributed by atoms with van der Waals surface area (Å²) in [6.07, 6.45) is 4.31. The maximum absolute atomic E-state index is 13.2. The Balaban J connectivity index is 1.54. The lowest BCUT2D eigenvalue weighted by Crippen LogP contribution is -2.34. The SMILES string of the molecule is COc1cccc(CN2CCN(C)C(=O)C(Cc3cccc(-c4ccncc4)c3)C2)c1OC. The molecular formula is C27H31N3O3. The highest BCUT2D eigenvalue weighted by Gasteiger charge is 2.29. The Kier molecular flexibility index (Phi) is 7.25. The Bertz CT molecular complexity index is 1090. The van der Waals surface area contributed by atoms with Crippen molar-refractivity contribution < 1.29 is 14.3 Å². The normalized spacial score (nSPS) is 17.0. The lowest BCUT2D eigenvalue weighted by molar-refractivity contribution is -0.133. The molecule has 1 aliphatic heterocycles. The molecule has 1 atom stereocenters. The zero-order valence-electron chi connectivity index (χ0n) is 19.5. The largest absolute Gasteiger partial charge is 0.493 e. The van der Waals surface area contributed by atoms with Gasteiger partial charge in [0.25, 0.3) is 0 Å². The average Bonchev–Trinajstić information content (AvgIpc) is 2.98. The topological polar surface area (TPSA) is 54.9 Å². The van der Waals surface area contributed by atoms with E-state index in [1.807, 2.05) is 36.2 Å². The minimum Gasteiger partial charge on any atom is -0.493 e. The summed E-state index contributed by atoms with van der Waals surface area (Å²) in [5.41, 5.74) is 4.49. The summed E-state index contributed by atoms with van der Waals surface area (Å²) in [5, 5.41) is 0. The van der Waals surface area contributed by atoms with Gasteiger partial charge in [0.1, 0.15) is 0 Å². The van der Waals surface area contributed by atoms with Crippen LogP contribution in [0, 0.1) is 5.92 Å². The van der Waals surface area contributed by atoms with Gasteiger partial charge in [0, 0.05) is 51.2 Å². The van der Waals surface area contributed by atoms with E-state index in [-0.39, 0.29) is 11.8 Å². The highest BCUT2D eigenvalue weighted by atomic mass is 16.5. The fourth-order valence-electron chi connectivity index (χ4n) is 4.52. The van der Waals surface area contributed by atoms with Gasteiger partial charge in [-0.1, -0.05) is 36.4 Å². The lowest BCUT2D eigenvalue weighted by atomic mass is 9.95. The minimum absolute atomic E-state index is 0.109. The monoisotopic (exact) mass is 445 g/mol. The van der Waals surface area contributed by atoms with Gasteiger partial charge >= 0.3 is 0 Å². The summed E-state index contributed by atoms with van der Waals surface area (Å²) < 4.78 is 11.1. The average molecular weight is 446 g/mol. The Labute approximate surface area is 195 Å². The number of carbonyl (C=O) groups excluding carboxylic acids is 1. The number of likely N-dealkylation sites (N-methyl/N-ethyl adjacent to an activating group) is 1. The molecule has 1 aliphatic rings. The summed E-state index contributed by atoms with van der Waals surface area (Å²) in [6.45, 7) is 2.92. The molecule has 3 aromatic rings. The molecular weight excluding hydrogens is 414 g/mol. The summed E-state index contributed by atoms with van der Waals surface area (Å²) in [7, 11) is 5.22. The van der Waals surface area contributed by atoms with Crippen LogP contribution in [0.5, 0.6) is 11.5 Å².